The second-order valence-electron chi connectivity index (χ2n) is 4.73. The number of aromatic nitrogens is 3. The highest BCUT2D eigenvalue weighted by molar-refractivity contribution is 6.30. The molecule has 19 heavy (non-hydrogen) atoms. The van der Waals surface area contributed by atoms with Crippen LogP contribution in [0.15, 0.2) is 30.6 Å². The quantitative estimate of drug-likeness (QED) is 0.905. The summed E-state index contributed by atoms with van der Waals surface area (Å²) >= 11 is 6.02. The number of nitrogens with one attached hydrogen (secondary N) is 2. The molecule has 1 saturated carbocycles. The lowest BCUT2D eigenvalue weighted by Gasteiger charge is -2.40. The van der Waals surface area contributed by atoms with Crippen LogP contribution >= 0.6 is 11.6 Å². The highest BCUT2D eigenvalue weighted by Crippen LogP contribution is 2.45. The van der Waals surface area contributed by atoms with Crippen LogP contribution in [-0.4, -0.2) is 21.1 Å². The molecule has 1 heterocycles. The van der Waals surface area contributed by atoms with Crippen LogP contribution in [-0.2, 0) is 10.2 Å². The van der Waals surface area contributed by atoms with Crippen LogP contribution in [0.5, 0.6) is 0 Å². The molecule has 0 spiro atoms. The molecule has 98 valence electrons. The summed E-state index contributed by atoms with van der Waals surface area (Å²) in [4.78, 5) is 16.4. The SMILES string of the molecule is O=C(Nc1ncn[nH]1)C1(c2cccc(Cl)c2)CCC1. The van der Waals surface area contributed by atoms with Crippen LogP contribution in [0.25, 0.3) is 0 Å². The first-order chi connectivity index (χ1) is 9.21. The van der Waals surface area contributed by atoms with Gasteiger partial charge in [0, 0.05) is 5.02 Å². The zero-order chi connectivity index (χ0) is 13.3. The lowest BCUT2D eigenvalue weighted by atomic mass is 9.64. The van der Waals surface area contributed by atoms with Gasteiger partial charge in [0.1, 0.15) is 6.33 Å². The lowest BCUT2D eigenvalue weighted by Crippen LogP contribution is -2.46. The second kappa shape index (κ2) is 4.66. The van der Waals surface area contributed by atoms with Gasteiger partial charge in [0.2, 0.25) is 11.9 Å². The topological polar surface area (TPSA) is 70.7 Å². The largest absolute Gasteiger partial charge is 0.294 e. The first-order valence-electron chi connectivity index (χ1n) is 6.14. The van der Waals surface area contributed by atoms with Gasteiger partial charge >= 0.3 is 0 Å². The van der Waals surface area contributed by atoms with E-state index in [9.17, 15) is 4.79 Å². The average Bonchev–Trinajstić information content (AvgIpc) is 2.80. The van der Waals surface area contributed by atoms with E-state index in [4.69, 9.17) is 11.6 Å². The Morgan fingerprint density at radius 3 is 2.84 bits per heavy atom. The van der Waals surface area contributed by atoms with Crippen molar-refractivity contribution in [1.82, 2.24) is 15.2 Å². The normalized spacial score (nSPS) is 16.7. The van der Waals surface area contributed by atoms with Crippen molar-refractivity contribution in [3.63, 3.8) is 0 Å². The zero-order valence-corrected chi connectivity index (χ0v) is 10.9. The summed E-state index contributed by atoms with van der Waals surface area (Å²) in [5, 5.41) is 9.77. The Morgan fingerprint density at radius 1 is 1.42 bits per heavy atom. The maximum Gasteiger partial charge on any atom is 0.237 e. The number of hydrogen-bond acceptors (Lipinski definition) is 3. The molecule has 1 aliphatic rings. The number of benzene rings is 1. The van der Waals surface area contributed by atoms with Crippen LogP contribution in [0.2, 0.25) is 5.02 Å². The minimum Gasteiger partial charge on any atom is -0.294 e. The van der Waals surface area contributed by atoms with Crippen LogP contribution in [0, 0.1) is 0 Å². The number of rotatable bonds is 3. The number of halogens is 1. The van der Waals surface area contributed by atoms with Crippen molar-refractivity contribution in [2.45, 2.75) is 24.7 Å². The van der Waals surface area contributed by atoms with Crippen LogP contribution in [0.3, 0.4) is 0 Å². The number of carbonyl (C=O) groups is 1. The van der Waals surface area contributed by atoms with Crippen molar-refractivity contribution in [2.24, 2.45) is 0 Å². The molecule has 1 aromatic carbocycles. The third-order valence-corrected chi connectivity index (χ3v) is 3.90. The summed E-state index contributed by atoms with van der Waals surface area (Å²) < 4.78 is 0. The molecule has 0 unspecified atom stereocenters. The molecule has 0 bridgehead atoms. The van der Waals surface area contributed by atoms with E-state index in [0.717, 1.165) is 24.8 Å². The Bertz CT molecular complexity index is 592. The number of amides is 1. The monoisotopic (exact) mass is 276 g/mol. The third kappa shape index (κ3) is 2.10. The number of nitrogens with zero attached hydrogens (tertiary/aromatic N) is 2. The minimum absolute atomic E-state index is 0.0576. The van der Waals surface area contributed by atoms with E-state index in [0.29, 0.717) is 11.0 Å². The van der Waals surface area contributed by atoms with Gasteiger partial charge in [0.15, 0.2) is 0 Å². The highest BCUT2D eigenvalue weighted by atomic mass is 35.5. The van der Waals surface area contributed by atoms with Crippen molar-refractivity contribution >= 4 is 23.5 Å². The van der Waals surface area contributed by atoms with Gasteiger partial charge in [0.25, 0.3) is 0 Å². The Kier molecular flexibility index (Phi) is 2.98. The van der Waals surface area contributed by atoms with Crippen molar-refractivity contribution in [3.8, 4) is 0 Å². The molecule has 0 saturated heterocycles. The summed E-state index contributed by atoms with van der Waals surface area (Å²) in [6.07, 6.45) is 4.05. The van der Waals surface area contributed by atoms with E-state index in [1.165, 1.54) is 6.33 Å². The van der Waals surface area contributed by atoms with Crippen LogP contribution in [0.1, 0.15) is 24.8 Å². The fourth-order valence-electron chi connectivity index (χ4n) is 2.46. The fraction of sp³-hybridized carbons (Fsp3) is 0.308. The van der Waals surface area contributed by atoms with E-state index in [1.54, 1.807) is 0 Å². The van der Waals surface area contributed by atoms with Crippen molar-refractivity contribution < 1.29 is 4.79 Å². The maximum absolute atomic E-state index is 12.5. The first-order valence-corrected chi connectivity index (χ1v) is 6.51. The van der Waals surface area contributed by atoms with Gasteiger partial charge in [-0.2, -0.15) is 10.1 Å². The molecule has 1 fully saturated rings. The van der Waals surface area contributed by atoms with Gasteiger partial charge in [-0.15, -0.1) is 0 Å². The number of carbonyl (C=O) groups excluding carboxylic acids is 1. The van der Waals surface area contributed by atoms with Gasteiger partial charge in [-0.05, 0) is 30.5 Å². The molecule has 1 aliphatic carbocycles. The molecule has 2 N–H and O–H groups in total. The fourth-order valence-corrected chi connectivity index (χ4v) is 2.65. The van der Waals surface area contributed by atoms with E-state index in [2.05, 4.69) is 20.5 Å². The second-order valence-corrected chi connectivity index (χ2v) is 5.17. The molecule has 0 radical (unpaired) electrons. The van der Waals surface area contributed by atoms with Gasteiger partial charge < -0.3 is 0 Å². The zero-order valence-electron chi connectivity index (χ0n) is 10.2. The molecular formula is C13H13ClN4O. The molecular weight excluding hydrogens is 264 g/mol. The molecule has 3 rings (SSSR count). The van der Waals surface area contributed by atoms with E-state index < -0.39 is 5.41 Å². The van der Waals surface area contributed by atoms with Gasteiger partial charge in [-0.3, -0.25) is 10.1 Å². The molecule has 1 aromatic heterocycles. The van der Waals surface area contributed by atoms with Crippen molar-refractivity contribution in [2.75, 3.05) is 5.32 Å². The summed E-state index contributed by atoms with van der Waals surface area (Å²) in [5.41, 5.74) is 0.473. The van der Waals surface area contributed by atoms with Crippen molar-refractivity contribution in [1.29, 1.82) is 0 Å². The lowest BCUT2D eigenvalue weighted by molar-refractivity contribution is -0.124. The molecule has 2 aromatic rings. The number of aromatic amines is 1. The predicted molar refractivity (Wildman–Crippen MR) is 72.0 cm³/mol. The number of H-pyrrole nitrogens is 1. The molecule has 5 nitrogen and oxygen atoms in total. The van der Waals surface area contributed by atoms with Crippen LogP contribution < -0.4 is 5.32 Å². The Hall–Kier alpha value is -1.88. The predicted octanol–water partition coefficient (Wildman–Crippen LogP) is 2.52. The summed E-state index contributed by atoms with van der Waals surface area (Å²) in [6, 6.07) is 7.50. The molecule has 0 aliphatic heterocycles. The summed E-state index contributed by atoms with van der Waals surface area (Å²) in [5.74, 6) is 0.316. The molecule has 1 amide bonds. The van der Waals surface area contributed by atoms with E-state index >= 15 is 0 Å². The Morgan fingerprint density at radius 2 is 2.26 bits per heavy atom. The minimum atomic E-state index is -0.488. The smallest absolute Gasteiger partial charge is 0.237 e. The molecule has 0 atom stereocenters. The molecule has 6 heteroatoms. The van der Waals surface area contributed by atoms with E-state index in [-0.39, 0.29) is 5.91 Å². The highest BCUT2D eigenvalue weighted by Gasteiger charge is 2.45. The van der Waals surface area contributed by atoms with Crippen LogP contribution in [0.4, 0.5) is 5.95 Å². The number of hydrogen-bond donors (Lipinski definition) is 2. The standard InChI is InChI=1S/C13H13ClN4O/c14-10-4-1-3-9(7-10)13(5-2-6-13)11(19)17-12-15-8-16-18-12/h1,3-4,7-8H,2,5-6H2,(H2,15,16,17,18,19). The summed E-state index contributed by atoms with van der Waals surface area (Å²) in [7, 11) is 0. The van der Waals surface area contributed by atoms with E-state index in [1.807, 2.05) is 24.3 Å². The van der Waals surface area contributed by atoms with Gasteiger partial charge in [-0.25, -0.2) is 5.10 Å². The average molecular weight is 277 g/mol. The number of anilines is 1. The Balaban J connectivity index is 1.88. The summed E-state index contributed by atoms with van der Waals surface area (Å²) in [6.45, 7) is 0. The van der Waals surface area contributed by atoms with Gasteiger partial charge in [-0.1, -0.05) is 30.2 Å². The first kappa shape index (κ1) is 12.2. The van der Waals surface area contributed by atoms with Gasteiger partial charge in [0.05, 0.1) is 5.41 Å². The van der Waals surface area contributed by atoms with Crippen molar-refractivity contribution in [3.05, 3.63) is 41.2 Å². The maximum atomic E-state index is 12.5. The third-order valence-electron chi connectivity index (χ3n) is 3.67. The Labute approximate surface area is 115 Å².